The molecule has 5 aromatic rings. The zero-order chi connectivity index (χ0) is 23.9. The lowest BCUT2D eigenvalue weighted by Gasteiger charge is -2.14. The van der Waals surface area contributed by atoms with E-state index in [2.05, 4.69) is 9.71 Å². The molecule has 2 aromatic heterocycles. The Hall–Kier alpha value is -4.24. The highest BCUT2D eigenvalue weighted by molar-refractivity contribution is 7.92. The fraction of sp³-hybridized carbons (Fsp3) is 0.0800. The lowest BCUT2D eigenvalue weighted by molar-refractivity contribution is 0.541. The lowest BCUT2D eigenvalue weighted by atomic mass is 10.1. The monoisotopic (exact) mass is 472 g/mol. The molecule has 9 heteroatoms. The topological polar surface area (TPSA) is 107 Å². The molecule has 0 aliphatic carbocycles. The molecule has 8 nitrogen and oxygen atoms in total. The van der Waals surface area contributed by atoms with Crippen LogP contribution in [0.3, 0.4) is 0 Å². The van der Waals surface area contributed by atoms with Crippen LogP contribution in [-0.2, 0) is 10.0 Å². The van der Waals surface area contributed by atoms with Gasteiger partial charge in [-0.3, -0.25) is 9.36 Å². The van der Waals surface area contributed by atoms with Gasteiger partial charge < -0.3 is 4.42 Å². The van der Waals surface area contributed by atoms with Crippen molar-refractivity contribution in [1.29, 1.82) is 0 Å². The summed E-state index contributed by atoms with van der Waals surface area (Å²) in [5.74, 6) is 0.994. The summed E-state index contributed by atoms with van der Waals surface area (Å²) in [7, 11) is -3.93. The molecule has 0 radical (unpaired) electrons. The smallest absolute Gasteiger partial charge is 0.309 e. The van der Waals surface area contributed by atoms with Crippen LogP contribution in [0.2, 0.25) is 0 Å². The average Bonchev–Trinajstić information content (AvgIpc) is 3.15. The maximum absolute atomic E-state index is 13.5. The van der Waals surface area contributed by atoms with E-state index in [0.717, 1.165) is 5.56 Å². The minimum atomic E-state index is -3.93. The van der Waals surface area contributed by atoms with Crippen LogP contribution in [0.25, 0.3) is 28.0 Å². The van der Waals surface area contributed by atoms with Gasteiger partial charge in [-0.25, -0.2) is 18.1 Å². The molecule has 170 valence electrons. The molecule has 0 unspecified atom stereocenters. The van der Waals surface area contributed by atoms with Gasteiger partial charge in [0.1, 0.15) is 11.6 Å². The van der Waals surface area contributed by atoms with Crippen LogP contribution in [0.4, 0.5) is 6.01 Å². The fourth-order valence-corrected chi connectivity index (χ4v) is 4.55. The van der Waals surface area contributed by atoms with Crippen LogP contribution in [0.5, 0.6) is 0 Å². The predicted octanol–water partition coefficient (Wildman–Crippen LogP) is 4.46. The van der Waals surface area contributed by atoms with Crippen molar-refractivity contribution in [2.45, 2.75) is 18.7 Å². The molecule has 1 N–H and O–H groups in total. The molecule has 34 heavy (non-hydrogen) atoms. The number of anilines is 1. The highest BCUT2D eigenvalue weighted by Gasteiger charge is 2.19. The standard InChI is InChI=1S/C25H20N4O4S/c1-16-17(2)33-25(26-16)28-34(31,32)20-14-12-19(13-15-20)29-23(18-8-4-3-5-9-18)27-22-11-7-6-10-21(22)24(29)30/h3-15H,1-2H3,(H,26,28). The van der Waals surface area contributed by atoms with Crippen LogP contribution in [0.15, 0.2) is 93.0 Å². The van der Waals surface area contributed by atoms with Gasteiger partial charge in [0.15, 0.2) is 0 Å². The number of hydrogen-bond acceptors (Lipinski definition) is 6. The van der Waals surface area contributed by atoms with Crippen molar-refractivity contribution in [2.24, 2.45) is 0 Å². The van der Waals surface area contributed by atoms with Gasteiger partial charge in [0.25, 0.3) is 15.6 Å². The number of oxazole rings is 1. The molecule has 5 rings (SSSR count). The molecule has 0 saturated carbocycles. The first-order valence-electron chi connectivity index (χ1n) is 10.5. The quantitative estimate of drug-likeness (QED) is 0.405. The summed E-state index contributed by atoms with van der Waals surface area (Å²) in [6.45, 7) is 3.43. The first-order chi connectivity index (χ1) is 16.3. The molecule has 0 saturated heterocycles. The number of hydrogen-bond donors (Lipinski definition) is 1. The molecule has 0 amide bonds. The molecule has 3 aromatic carbocycles. The van der Waals surface area contributed by atoms with Gasteiger partial charge in [-0.05, 0) is 50.2 Å². The van der Waals surface area contributed by atoms with Crippen molar-refractivity contribution in [3.63, 3.8) is 0 Å². The van der Waals surface area contributed by atoms with E-state index in [-0.39, 0.29) is 16.5 Å². The Labute approximate surface area is 195 Å². The molecule has 2 heterocycles. The Morgan fingerprint density at radius 1 is 0.853 bits per heavy atom. The molecular formula is C25H20N4O4S. The number of fused-ring (bicyclic) bond motifs is 1. The highest BCUT2D eigenvalue weighted by Crippen LogP contribution is 2.24. The number of benzene rings is 3. The second-order valence-electron chi connectivity index (χ2n) is 7.72. The van der Waals surface area contributed by atoms with E-state index in [1.165, 1.54) is 16.7 Å². The lowest BCUT2D eigenvalue weighted by Crippen LogP contribution is -2.22. The first kappa shape index (κ1) is 21.6. The van der Waals surface area contributed by atoms with Crippen molar-refractivity contribution in [2.75, 3.05) is 4.72 Å². The number of para-hydroxylation sites is 1. The number of aromatic nitrogens is 3. The summed E-state index contributed by atoms with van der Waals surface area (Å²) in [5, 5.41) is 0.468. The third-order valence-electron chi connectivity index (χ3n) is 5.46. The first-order valence-corrected chi connectivity index (χ1v) is 12.0. The molecule has 0 bridgehead atoms. The summed E-state index contributed by atoms with van der Waals surface area (Å²) in [4.78, 5) is 22.3. The van der Waals surface area contributed by atoms with Crippen molar-refractivity contribution >= 4 is 26.9 Å². The van der Waals surface area contributed by atoms with Crippen molar-refractivity contribution in [3.05, 3.63) is 101 Å². The fourth-order valence-electron chi connectivity index (χ4n) is 3.62. The number of sulfonamides is 1. The normalized spacial score (nSPS) is 11.6. The van der Waals surface area contributed by atoms with Gasteiger partial charge in [0.2, 0.25) is 0 Å². The van der Waals surface area contributed by atoms with Gasteiger partial charge in [-0.1, -0.05) is 42.5 Å². The van der Waals surface area contributed by atoms with Crippen molar-refractivity contribution in [3.8, 4) is 17.1 Å². The zero-order valence-electron chi connectivity index (χ0n) is 18.4. The molecule has 0 fully saturated rings. The van der Waals surface area contributed by atoms with E-state index in [9.17, 15) is 13.2 Å². The van der Waals surface area contributed by atoms with Gasteiger partial charge in [-0.2, -0.15) is 4.98 Å². The maximum atomic E-state index is 13.5. The molecule has 0 spiro atoms. The Bertz CT molecular complexity index is 1650. The van der Waals surface area contributed by atoms with Crippen LogP contribution in [0.1, 0.15) is 11.5 Å². The Balaban J connectivity index is 1.60. The number of nitrogens with one attached hydrogen (secondary N) is 1. The average molecular weight is 473 g/mol. The third kappa shape index (κ3) is 3.86. The summed E-state index contributed by atoms with van der Waals surface area (Å²) in [5.41, 5.74) is 2.19. The Kier molecular flexibility index (Phi) is 5.25. The number of aryl methyl sites for hydroxylation is 2. The van der Waals surface area contributed by atoms with Crippen LogP contribution in [-0.4, -0.2) is 23.0 Å². The van der Waals surface area contributed by atoms with Gasteiger partial charge in [0.05, 0.1) is 27.2 Å². The molecule has 0 aliphatic heterocycles. The van der Waals surface area contributed by atoms with Crippen LogP contribution in [0, 0.1) is 13.8 Å². The summed E-state index contributed by atoms with van der Waals surface area (Å²) >= 11 is 0. The van der Waals surface area contributed by atoms with Gasteiger partial charge >= 0.3 is 6.01 Å². The van der Waals surface area contributed by atoms with Crippen LogP contribution >= 0.6 is 0 Å². The summed E-state index contributed by atoms with van der Waals surface area (Å²) in [6, 6.07) is 22.4. The molecule has 0 aliphatic rings. The number of nitrogens with zero attached hydrogens (tertiary/aromatic N) is 3. The van der Waals surface area contributed by atoms with Gasteiger partial charge in [-0.15, -0.1) is 0 Å². The van der Waals surface area contributed by atoms with E-state index in [1.54, 1.807) is 44.2 Å². The van der Waals surface area contributed by atoms with E-state index in [4.69, 9.17) is 9.40 Å². The second kappa shape index (κ2) is 8.27. The van der Waals surface area contributed by atoms with E-state index >= 15 is 0 Å². The second-order valence-corrected chi connectivity index (χ2v) is 9.40. The predicted molar refractivity (Wildman–Crippen MR) is 130 cm³/mol. The van der Waals surface area contributed by atoms with E-state index in [0.29, 0.717) is 33.9 Å². The third-order valence-corrected chi connectivity index (χ3v) is 6.80. The van der Waals surface area contributed by atoms with E-state index < -0.39 is 10.0 Å². The minimum Gasteiger partial charge on any atom is -0.428 e. The van der Waals surface area contributed by atoms with Crippen molar-refractivity contribution < 1.29 is 12.8 Å². The molecular weight excluding hydrogens is 452 g/mol. The zero-order valence-corrected chi connectivity index (χ0v) is 19.2. The Morgan fingerprint density at radius 2 is 1.53 bits per heavy atom. The largest absolute Gasteiger partial charge is 0.428 e. The summed E-state index contributed by atoms with van der Waals surface area (Å²) < 4.78 is 34.8. The van der Waals surface area contributed by atoms with Crippen LogP contribution < -0.4 is 10.3 Å². The maximum Gasteiger partial charge on any atom is 0.309 e. The Morgan fingerprint density at radius 3 is 2.21 bits per heavy atom. The van der Waals surface area contributed by atoms with Crippen molar-refractivity contribution in [1.82, 2.24) is 14.5 Å². The van der Waals surface area contributed by atoms with E-state index in [1.807, 2.05) is 36.4 Å². The minimum absolute atomic E-state index is 0.00724. The van der Waals surface area contributed by atoms with Gasteiger partial charge in [0, 0.05) is 5.56 Å². The molecule has 0 atom stereocenters. The summed E-state index contributed by atoms with van der Waals surface area (Å²) in [6.07, 6.45) is 0. The highest BCUT2D eigenvalue weighted by atomic mass is 32.2. The number of rotatable bonds is 5. The SMILES string of the molecule is Cc1nc(NS(=O)(=O)c2ccc(-n3c(-c4ccccc4)nc4ccccc4c3=O)cc2)oc1C.